The zero-order valence-corrected chi connectivity index (χ0v) is 7.47. The minimum Gasteiger partial charge on any atom is -0.328 e. The van der Waals surface area contributed by atoms with Gasteiger partial charge in [-0.15, -0.1) is 0 Å². The molecule has 0 bridgehead atoms. The molecule has 0 radical (unpaired) electrons. The van der Waals surface area contributed by atoms with Crippen LogP contribution in [0.5, 0.6) is 0 Å². The number of hydrogen-bond donors (Lipinski definition) is 1. The molecule has 1 aromatic rings. The van der Waals surface area contributed by atoms with E-state index in [9.17, 15) is 4.39 Å². The van der Waals surface area contributed by atoms with Crippen LogP contribution in [-0.4, -0.2) is 6.04 Å². The van der Waals surface area contributed by atoms with Crippen LogP contribution < -0.4 is 5.73 Å². The lowest BCUT2D eigenvalue weighted by Crippen LogP contribution is -2.17. The summed E-state index contributed by atoms with van der Waals surface area (Å²) in [7, 11) is 0. The zero-order chi connectivity index (χ0) is 9.14. The van der Waals surface area contributed by atoms with E-state index < -0.39 is 0 Å². The van der Waals surface area contributed by atoms with Crippen LogP contribution in [0.2, 0.25) is 0 Å². The van der Waals surface area contributed by atoms with E-state index in [0.717, 1.165) is 17.5 Å². The molecule has 1 aromatic carbocycles. The molecule has 2 heteroatoms. The molecule has 0 heterocycles. The Bertz CT molecular complexity index is 248. The highest BCUT2D eigenvalue weighted by Gasteiger charge is 2.00. The van der Waals surface area contributed by atoms with Crippen LogP contribution in [0.1, 0.15) is 18.1 Å². The number of rotatable bonds is 2. The second-order valence-corrected chi connectivity index (χ2v) is 3.32. The molecule has 1 rings (SSSR count). The van der Waals surface area contributed by atoms with Gasteiger partial charge in [-0.3, -0.25) is 0 Å². The van der Waals surface area contributed by atoms with E-state index in [0.29, 0.717) is 0 Å². The van der Waals surface area contributed by atoms with Crippen LogP contribution >= 0.6 is 0 Å². The molecule has 66 valence electrons. The van der Waals surface area contributed by atoms with Crippen molar-refractivity contribution in [2.45, 2.75) is 26.3 Å². The van der Waals surface area contributed by atoms with E-state index >= 15 is 0 Å². The lowest BCUT2D eigenvalue weighted by molar-refractivity contribution is 0.621. The zero-order valence-electron chi connectivity index (χ0n) is 7.47. The predicted molar refractivity (Wildman–Crippen MR) is 48.5 cm³/mol. The number of hydrogen-bond acceptors (Lipinski definition) is 1. The topological polar surface area (TPSA) is 26.0 Å². The number of halogens is 1. The van der Waals surface area contributed by atoms with Crippen molar-refractivity contribution in [3.8, 4) is 0 Å². The third-order valence-corrected chi connectivity index (χ3v) is 1.66. The van der Waals surface area contributed by atoms with Gasteiger partial charge in [-0.25, -0.2) is 4.39 Å². The van der Waals surface area contributed by atoms with Crippen molar-refractivity contribution in [2.24, 2.45) is 5.73 Å². The highest BCUT2D eigenvalue weighted by molar-refractivity contribution is 5.24. The average molecular weight is 167 g/mol. The Kier molecular flexibility index (Phi) is 2.82. The second-order valence-electron chi connectivity index (χ2n) is 3.32. The summed E-state index contributed by atoms with van der Waals surface area (Å²) in [5.41, 5.74) is 7.53. The van der Waals surface area contributed by atoms with Crippen LogP contribution in [0.3, 0.4) is 0 Å². The van der Waals surface area contributed by atoms with Crippen molar-refractivity contribution in [3.05, 3.63) is 35.1 Å². The van der Waals surface area contributed by atoms with Gasteiger partial charge < -0.3 is 5.73 Å². The van der Waals surface area contributed by atoms with Gasteiger partial charge >= 0.3 is 0 Å². The molecule has 1 atom stereocenters. The van der Waals surface area contributed by atoms with Crippen molar-refractivity contribution >= 4 is 0 Å². The standard InChI is InChI=1S/C10H14FN/c1-7-3-9(5-8(2)12)6-10(11)4-7/h3-4,6,8H,5,12H2,1-2H3. The summed E-state index contributed by atoms with van der Waals surface area (Å²) in [4.78, 5) is 0. The lowest BCUT2D eigenvalue weighted by atomic mass is 10.1. The van der Waals surface area contributed by atoms with Gasteiger partial charge in [0.1, 0.15) is 5.82 Å². The molecule has 0 amide bonds. The SMILES string of the molecule is Cc1cc(F)cc(CC(C)N)c1. The van der Waals surface area contributed by atoms with Crippen LogP contribution in [0.25, 0.3) is 0 Å². The Hall–Kier alpha value is -0.890. The van der Waals surface area contributed by atoms with Gasteiger partial charge in [-0.2, -0.15) is 0 Å². The third kappa shape index (κ3) is 2.62. The first-order chi connectivity index (χ1) is 5.58. The fourth-order valence-electron chi connectivity index (χ4n) is 1.30. The van der Waals surface area contributed by atoms with Gasteiger partial charge in [0.25, 0.3) is 0 Å². The van der Waals surface area contributed by atoms with E-state index in [1.54, 1.807) is 0 Å². The third-order valence-electron chi connectivity index (χ3n) is 1.66. The van der Waals surface area contributed by atoms with Gasteiger partial charge in [0.15, 0.2) is 0 Å². The van der Waals surface area contributed by atoms with E-state index in [1.807, 2.05) is 19.9 Å². The van der Waals surface area contributed by atoms with Gasteiger partial charge in [0, 0.05) is 6.04 Å². The Morgan fingerprint density at radius 3 is 2.58 bits per heavy atom. The van der Waals surface area contributed by atoms with E-state index in [4.69, 9.17) is 5.73 Å². The van der Waals surface area contributed by atoms with E-state index in [1.165, 1.54) is 12.1 Å². The summed E-state index contributed by atoms with van der Waals surface area (Å²) in [5.74, 6) is -0.175. The summed E-state index contributed by atoms with van der Waals surface area (Å²) in [6.07, 6.45) is 0.735. The molecular weight excluding hydrogens is 153 g/mol. The van der Waals surface area contributed by atoms with E-state index in [2.05, 4.69) is 0 Å². The van der Waals surface area contributed by atoms with Gasteiger partial charge in [-0.1, -0.05) is 6.07 Å². The summed E-state index contributed by atoms with van der Waals surface area (Å²) in [5, 5.41) is 0. The summed E-state index contributed by atoms with van der Waals surface area (Å²) in [6.45, 7) is 3.80. The molecule has 0 fully saturated rings. The quantitative estimate of drug-likeness (QED) is 0.716. The Morgan fingerprint density at radius 2 is 2.08 bits per heavy atom. The molecule has 0 aliphatic heterocycles. The summed E-state index contributed by atoms with van der Waals surface area (Å²) >= 11 is 0. The van der Waals surface area contributed by atoms with Gasteiger partial charge in [-0.05, 0) is 43.5 Å². The Morgan fingerprint density at radius 1 is 1.42 bits per heavy atom. The number of benzene rings is 1. The second kappa shape index (κ2) is 3.68. The summed E-state index contributed by atoms with van der Waals surface area (Å²) in [6, 6.07) is 5.11. The van der Waals surface area contributed by atoms with Crippen molar-refractivity contribution in [2.75, 3.05) is 0 Å². The molecule has 0 aliphatic carbocycles. The lowest BCUT2D eigenvalue weighted by Gasteiger charge is -2.05. The van der Waals surface area contributed by atoms with Crippen LogP contribution in [0, 0.1) is 12.7 Å². The normalized spacial score (nSPS) is 13.0. The fourth-order valence-corrected chi connectivity index (χ4v) is 1.30. The van der Waals surface area contributed by atoms with Crippen molar-refractivity contribution in [3.63, 3.8) is 0 Å². The van der Waals surface area contributed by atoms with Crippen molar-refractivity contribution in [1.82, 2.24) is 0 Å². The largest absolute Gasteiger partial charge is 0.328 e. The highest BCUT2D eigenvalue weighted by Crippen LogP contribution is 2.09. The molecule has 2 N–H and O–H groups in total. The molecule has 1 nitrogen and oxygen atoms in total. The first-order valence-electron chi connectivity index (χ1n) is 4.09. The molecule has 12 heavy (non-hydrogen) atoms. The first kappa shape index (κ1) is 9.20. The number of aryl methyl sites for hydroxylation is 1. The van der Waals surface area contributed by atoms with Gasteiger partial charge in [0.2, 0.25) is 0 Å². The Balaban J connectivity index is 2.85. The maximum absolute atomic E-state index is 12.8. The molecule has 0 aliphatic rings. The summed E-state index contributed by atoms with van der Waals surface area (Å²) < 4.78 is 12.8. The first-order valence-corrected chi connectivity index (χ1v) is 4.09. The Labute approximate surface area is 72.4 Å². The maximum Gasteiger partial charge on any atom is 0.123 e. The molecule has 0 saturated heterocycles. The minimum absolute atomic E-state index is 0.0891. The van der Waals surface area contributed by atoms with Crippen LogP contribution in [0.15, 0.2) is 18.2 Å². The minimum atomic E-state index is -0.175. The average Bonchev–Trinajstić information content (AvgIpc) is 1.81. The molecule has 0 saturated carbocycles. The van der Waals surface area contributed by atoms with Crippen LogP contribution in [-0.2, 0) is 6.42 Å². The molecule has 0 spiro atoms. The van der Waals surface area contributed by atoms with Crippen molar-refractivity contribution in [1.29, 1.82) is 0 Å². The predicted octanol–water partition coefficient (Wildman–Crippen LogP) is 2.02. The molecule has 0 aromatic heterocycles. The molecular formula is C10H14FN. The maximum atomic E-state index is 12.8. The van der Waals surface area contributed by atoms with Gasteiger partial charge in [0.05, 0.1) is 0 Å². The monoisotopic (exact) mass is 167 g/mol. The number of nitrogens with two attached hydrogens (primary N) is 1. The highest BCUT2D eigenvalue weighted by atomic mass is 19.1. The molecule has 1 unspecified atom stereocenters. The van der Waals surface area contributed by atoms with E-state index in [-0.39, 0.29) is 11.9 Å². The van der Waals surface area contributed by atoms with Crippen molar-refractivity contribution < 1.29 is 4.39 Å². The smallest absolute Gasteiger partial charge is 0.123 e. The van der Waals surface area contributed by atoms with Crippen LogP contribution in [0.4, 0.5) is 4.39 Å². The fraction of sp³-hybridized carbons (Fsp3) is 0.400.